The molecule has 0 saturated heterocycles. The van der Waals surface area contributed by atoms with E-state index in [1.54, 1.807) is 10.7 Å². The molecule has 0 aromatic carbocycles. The predicted molar refractivity (Wildman–Crippen MR) is 53.5 cm³/mol. The summed E-state index contributed by atoms with van der Waals surface area (Å²) in [6.45, 7) is 0. The lowest BCUT2D eigenvalue weighted by atomic mass is 10.3. The smallest absolute Gasteiger partial charge is 0.155 e. The molecular weight excluding hydrogens is 184 g/mol. The van der Waals surface area contributed by atoms with E-state index in [2.05, 4.69) is 10.1 Å². The molecule has 4 nitrogen and oxygen atoms in total. The van der Waals surface area contributed by atoms with Crippen LogP contribution in [0.1, 0.15) is 5.69 Å². The lowest BCUT2D eigenvalue weighted by Gasteiger charge is -1.89. The zero-order valence-corrected chi connectivity index (χ0v) is 7.66. The van der Waals surface area contributed by atoms with Gasteiger partial charge in [-0.15, -0.1) is 0 Å². The highest BCUT2D eigenvalue weighted by atomic mass is 32.1. The summed E-state index contributed by atoms with van der Waals surface area (Å²) in [4.78, 5) is 4.57. The molecule has 0 aliphatic heterocycles. The van der Waals surface area contributed by atoms with Crippen molar-refractivity contribution in [3.63, 3.8) is 0 Å². The Morgan fingerprint density at radius 2 is 2.46 bits per heavy atom. The number of fused-ring (bicyclic) bond motifs is 1. The Hall–Kier alpha value is -1.49. The minimum Gasteiger partial charge on any atom is -0.393 e. The number of rotatable bonds is 2. The summed E-state index contributed by atoms with van der Waals surface area (Å²) in [5.41, 5.74) is 7.07. The van der Waals surface area contributed by atoms with E-state index in [9.17, 15) is 0 Å². The summed E-state index contributed by atoms with van der Waals surface area (Å²) >= 11 is 4.79. The van der Waals surface area contributed by atoms with Crippen molar-refractivity contribution >= 4 is 22.9 Å². The van der Waals surface area contributed by atoms with Gasteiger partial charge >= 0.3 is 0 Å². The van der Waals surface area contributed by atoms with Gasteiger partial charge in [-0.3, -0.25) is 0 Å². The maximum Gasteiger partial charge on any atom is 0.155 e. The van der Waals surface area contributed by atoms with Crippen LogP contribution in [0.5, 0.6) is 0 Å². The van der Waals surface area contributed by atoms with Crippen LogP contribution in [0.2, 0.25) is 0 Å². The molecule has 0 atom stereocenters. The van der Waals surface area contributed by atoms with Gasteiger partial charge in [-0.1, -0.05) is 12.2 Å². The molecule has 2 aromatic rings. The van der Waals surface area contributed by atoms with E-state index in [1.165, 1.54) is 0 Å². The topological polar surface area (TPSA) is 56.2 Å². The van der Waals surface area contributed by atoms with Crippen molar-refractivity contribution in [1.82, 2.24) is 14.6 Å². The third-order valence-corrected chi connectivity index (χ3v) is 1.79. The molecule has 0 unspecified atom stereocenters. The largest absolute Gasteiger partial charge is 0.393 e. The van der Waals surface area contributed by atoms with E-state index in [-0.39, 0.29) is 0 Å². The van der Waals surface area contributed by atoms with Gasteiger partial charge < -0.3 is 5.73 Å². The zero-order chi connectivity index (χ0) is 9.26. The molecule has 2 aromatic heterocycles. The molecule has 0 spiro atoms. The van der Waals surface area contributed by atoms with Crippen molar-refractivity contribution < 1.29 is 0 Å². The number of hydrogen-bond acceptors (Lipinski definition) is 3. The van der Waals surface area contributed by atoms with Crippen LogP contribution < -0.4 is 5.73 Å². The van der Waals surface area contributed by atoms with Gasteiger partial charge in [0.1, 0.15) is 0 Å². The van der Waals surface area contributed by atoms with Gasteiger partial charge in [0.15, 0.2) is 5.65 Å². The summed E-state index contributed by atoms with van der Waals surface area (Å²) < 4.78 is 1.70. The first kappa shape index (κ1) is 8.12. The summed E-state index contributed by atoms with van der Waals surface area (Å²) in [7, 11) is 0. The highest BCUT2D eigenvalue weighted by Crippen LogP contribution is 2.03. The first-order chi connectivity index (χ1) is 6.25. The normalized spacial score (nSPS) is 10.5. The first-order valence-electron chi connectivity index (χ1n) is 3.83. The second-order valence-electron chi connectivity index (χ2n) is 2.70. The van der Waals surface area contributed by atoms with Crippen molar-refractivity contribution in [3.8, 4) is 0 Å². The van der Waals surface area contributed by atoms with E-state index in [0.29, 0.717) is 11.4 Å². The highest BCUT2D eigenvalue weighted by Gasteiger charge is 2.02. The SMILES string of the molecule is NC(=S)Cc1cc2ncccn2n1. The Labute approximate surface area is 80.4 Å². The van der Waals surface area contributed by atoms with Crippen molar-refractivity contribution in [2.45, 2.75) is 6.42 Å². The summed E-state index contributed by atoms with van der Waals surface area (Å²) in [6.07, 6.45) is 4.09. The molecule has 0 fully saturated rings. The third kappa shape index (κ3) is 1.65. The number of nitrogens with zero attached hydrogens (tertiary/aromatic N) is 3. The minimum absolute atomic E-state index is 0.448. The highest BCUT2D eigenvalue weighted by molar-refractivity contribution is 7.80. The van der Waals surface area contributed by atoms with Crippen LogP contribution >= 0.6 is 12.2 Å². The Bertz CT molecular complexity index is 415. The molecule has 0 aliphatic rings. The lowest BCUT2D eigenvalue weighted by molar-refractivity contribution is 0.908. The molecule has 2 heterocycles. The third-order valence-electron chi connectivity index (χ3n) is 1.64. The number of aromatic nitrogens is 3. The molecule has 2 N–H and O–H groups in total. The average Bonchev–Trinajstić information content (AvgIpc) is 2.44. The van der Waals surface area contributed by atoms with Crippen molar-refractivity contribution in [2.75, 3.05) is 0 Å². The quantitative estimate of drug-likeness (QED) is 0.706. The molecule has 0 saturated carbocycles. The fraction of sp³-hybridized carbons (Fsp3) is 0.125. The van der Waals surface area contributed by atoms with Gasteiger partial charge in [-0.2, -0.15) is 5.10 Å². The van der Waals surface area contributed by atoms with Gasteiger partial charge in [-0.25, -0.2) is 9.50 Å². The summed E-state index contributed by atoms with van der Waals surface area (Å²) in [5.74, 6) is 0. The van der Waals surface area contributed by atoms with E-state index >= 15 is 0 Å². The van der Waals surface area contributed by atoms with Crippen LogP contribution in [-0.2, 0) is 6.42 Å². The van der Waals surface area contributed by atoms with Crippen LogP contribution in [0.4, 0.5) is 0 Å². The number of nitrogens with two attached hydrogens (primary N) is 1. The van der Waals surface area contributed by atoms with E-state index in [4.69, 9.17) is 18.0 Å². The van der Waals surface area contributed by atoms with Gasteiger partial charge in [0.05, 0.1) is 10.7 Å². The first-order valence-corrected chi connectivity index (χ1v) is 4.24. The monoisotopic (exact) mass is 192 g/mol. The molecule has 66 valence electrons. The molecule has 13 heavy (non-hydrogen) atoms. The molecule has 0 bridgehead atoms. The second-order valence-corrected chi connectivity index (χ2v) is 3.23. The molecule has 0 amide bonds. The van der Waals surface area contributed by atoms with Crippen LogP contribution in [0.15, 0.2) is 24.5 Å². The molecule has 0 radical (unpaired) electrons. The zero-order valence-electron chi connectivity index (χ0n) is 6.84. The van der Waals surface area contributed by atoms with Gasteiger partial charge in [0.25, 0.3) is 0 Å². The second kappa shape index (κ2) is 3.10. The predicted octanol–water partition coefficient (Wildman–Crippen LogP) is 0.558. The van der Waals surface area contributed by atoms with E-state index in [0.717, 1.165) is 11.3 Å². The van der Waals surface area contributed by atoms with E-state index in [1.807, 2.05) is 18.3 Å². The Morgan fingerprint density at radius 3 is 3.15 bits per heavy atom. The van der Waals surface area contributed by atoms with Crippen LogP contribution in [0.3, 0.4) is 0 Å². The van der Waals surface area contributed by atoms with E-state index < -0.39 is 0 Å². The standard InChI is InChI=1S/C8H8N4S/c9-7(13)4-6-5-8-10-2-1-3-12(8)11-6/h1-3,5H,4H2,(H2,9,13). The van der Waals surface area contributed by atoms with Crippen molar-refractivity contribution in [3.05, 3.63) is 30.2 Å². The summed E-state index contributed by atoms with van der Waals surface area (Å²) in [5, 5.41) is 4.24. The molecule has 5 heteroatoms. The minimum atomic E-state index is 0.448. The maximum absolute atomic E-state index is 5.41. The Kier molecular flexibility index (Phi) is 1.94. The van der Waals surface area contributed by atoms with Crippen molar-refractivity contribution in [2.24, 2.45) is 5.73 Å². The Morgan fingerprint density at radius 1 is 1.62 bits per heavy atom. The molecular formula is C8H8N4S. The number of thiocarbonyl (C=S) groups is 1. The van der Waals surface area contributed by atoms with Crippen LogP contribution in [0, 0.1) is 0 Å². The summed E-state index contributed by atoms with van der Waals surface area (Å²) in [6, 6.07) is 3.70. The van der Waals surface area contributed by atoms with Gasteiger partial charge in [0, 0.05) is 24.9 Å². The molecule has 2 rings (SSSR count). The maximum atomic E-state index is 5.41. The Balaban J connectivity index is 2.44. The number of hydrogen-bond donors (Lipinski definition) is 1. The van der Waals surface area contributed by atoms with Gasteiger partial charge in [-0.05, 0) is 6.07 Å². The van der Waals surface area contributed by atoms with Gasteiger partial charge in [0.2, 0.25) is 0 Å². The fourth-order valence-corrected chi connectivity index (χ4v) is 1.29. The van der Waals surface area contributed by atoms with Crippen molar-refractivity contribution in [1.29, 1.82) is 0 Å². The lowest BCUT2D eigenvalue weighted by Crippen LogP contribution is -2.11. The fourth-order valence-electron chi connectivity index (χ4n) is 1.14. The van der Waals surface area contributed by atoms with Crippen LogP contribution in [-0.4, -0.2) is 19.6 Å². The molecule has 0 aliphatic carbocycles. The van der Waals surface area contributed by atoms with Crippen LogP contribution in [0.25, 0.3) is 5.65 Å². The average molecular weight is 192 g/mol.